The Balaban J connectivity index is 1.83. The molecule has 2 rings (SSSR count). The van der Waals surface area contributed by atoms with Crippen molar-refractivity contribution in [3.63, 3.8) is 0 Å². The van der Waals surface area contributed by atoms with Gasteiger partial charge < -0.3 is 15.2 Å². The van der Waals surface area contributed by atoms with Crippen molar-refractivity contribution in [1.82, 2.24) is 5.32 Å². The Bertz CT molecular complexity index is 458. The van der Waals surface area contributed by atoms with E-state index in [4.69, 9.17) is 4.74 Å². The lowest BCUT2D eigenvalue weighted by Crippen LogP contribution is -2.25. The fourth-order valence-corrected chi connectivity index (χ4v) is 3.52. The van der Waals surface area contributed by atoms with E-state index in [1.54, 1.807) is 0 Å². The monoisotopic (exact) mass is 341 g/mol. The zero-order valence-electron chi connectivity index (χ0n) is 13.4. The van der Waals surface area contributed by atoms with E-state index in [9.17, 15) is 5.11 Å². The molecule has 1 aliphatic rings. The van der Waals surface area contributed by atoms with Crippen LogP contribution in [0.25, 0.3) is 0 Å². The molecule has 0 amide bonds. The molecule has 1 saturated carbocycles. The lowest BCUT2D eigenvalue weighted by atomic mass is 9.89. The van der Waals surface area contributed by atoms with Crippen LogP contribution in [0.2, 0.25) is 0 Å². The van der Waals surface area contributed by atoms with Crippen LogP contribution in [-0.4, -0.2) is 30.2 Å². The Hall–Kier alpha value is -0.200. The maximum Gasteiger partial charge on any atom is 0.119 e. The lowest BCUT2D eigenvalue weighted by molar-refractivity contribution is 0.166. The van der Waals surface area contributed by atoms with Crippen molar-refractivity contribution in [3.8, 4) is 5.75 Å². The Morgan fingerprint density at radius 1 is 1.36 bits per heavy atom. The quantitative estimate of drug-likeness (QED) is 0.748. The highest BCUT2D eigenvalue weighted by Gasteiger charge is 2.27. The van der Waals surface area contributed by atoms with Crippen molar-refractivity contribution in [1.29, 1.82) is 0 Å². The highest BCUT2D eigenvalue weighted by Crippen LogP contribution is 2.43. The highest BCUT2D eigenvalue weighted by molar-refractivity contribution is 7.39. The summed E-state index contributed by atoms with van der Waals surface area (Å²) in [6.07, 6.45) is 5.17. The zero-order valence-corrected chi connectivity index (χ0v) is 15.7. The zero-order chi connectivity index (χ0) is 16.0. The molecule has 1 aromatic carbocycles. The summed E-state index contributed by atoms with van der Waals surface area (Å²) < 4.78 is 5.97. The van der Waals surface area contributed by atoms with E-state index in [1.807, 2.05) is 31.3 Å². The highest BCUT2D eigenvalue weighted by atomic mass is 31.1. The van der Waals surface area contributed by atoms with Gasteiger partial charge in [0, 0.05) is 0 Å². The molecular weight excluding hydrogens is 312 g/mol. The molecule has 3 atom stereocenters. The molecule has 0 radical (unpaired) electrons. The van der Waals surface area contributed by atoms with Gasteiger partial charge in [-0.15, -0.1) is 18.5 Å². The van der Waals surface area contributed by atoms with Crippen molar-refractivity contribution in [3.05, 3.63) is 29.8 Å². The van der Waals surface area contributed by atoms with Crippen LogP contribution in [0.5, 0.6) is 5.75 Å². The molecule has 3 unspecified atom stereocenters. The third kappa shape index (κ3) is 5.78. The second-order valence-electron chi connectivity index (χ2n) is 6.47. The molecule has 0 aliphatic heterocycles. The summed E-state index contributed by atoms with van der Waals surface area (Å²) in [5, 5.41) is 13.2. The van der Waals surface area contributed by atoms with Crippen LogP contribution in [0.3, 0.4) is 0 Å². The third-order valence-electron chi connectivity index (χ3n) is 4.43. The van der Waals surface area contributed by atoms with Crippen LogP contribution in [-0.2, 0) is 0 Å². The minimum Gasteiger partial charge on any atom is -0.493 e. The first-order chi connectivity index (χ1) is 10.5. The van der Waals surface area contributed by atoms with Crippen molar-refractivity contribution in [2.24, 2.45) is 5.92 Å². The smallest absolute Gasteiger partial charge is 0.119 e. The van der Waals surface area contributed by atoms with Gasteiger partial charge in [0.25, 0.3) is 0 Å². The minimum absolute atomic E-state index is 0.341. The van der Waals surface area contributed by atoms with Crippen LogP contribution in [0, 0.1) is 5.92 Å². The predicted molar refractivity (Wildman–Crippen MR) is 99.5 cm³/mol. The molecule has 1 fully saturated rings. The topological polar surface area (TPSA) is 41.5 Å². The lowest BCUT2D eigenvalue weighted by Gasteiger charge is -2.33. The van der Waals surface area contributed by atoms with Crippen molar-refractivity contribution in [2.75, 3.05) is 20.2 Å². The summed E-state index contributed by atoms with van der Waals surface area (Å²) >= 11 is 0. The minimum atomic E-state index is -0.430. The molecule has 1 aromatic rings. The number of ether oxygens (including phenoxy) is 1. The maximum absolute atomic E-state index is 10.2. The number of hydrogen-bond acceptors (Lipinski definition) is 3. The van der Waals surface area contributed by atoms with E-state index in [0.29, 0.717) is 17.2 Å². The summed E-state index contributed by atoms with van der Waals surface area (Å²) in [5.74, 6) is 1.52. The van der Waals surface area contributed by atoms with Gasteiger partial charge in [-0.25, -0.2) is 0 Å². The van der Waals surface area contributed by atoms with Gasteiger partial charge in [-0.3, -0.25) is 0 Å². The third-order valence-corrected chi connectivity index (χ3v) is 5.59. The SMILES string of the molecule is CNCCC(O)c1cccc(OCC2CCC(P)(P)CC2)c1. The van der Waals surface area contributed by atoms with Crippen molar-refractivity contribution >= 4 is 18.5 Å². The van der Waals surface area contributed by atoms with Gasteiger partial charge in [0.15, 0.2) is 0 Å². The molecule has 0 aromatic heterocycles. The molecule has 0 saturated heterocycles. The average molecular weight is 341 g/mol. The number of hydrogen-bond donors (Lipinski definition) is 2. The van der Waals surface area contributed by atoms with Crippen molar-refractivity contribution < 1.29 is 9.84 Å². The largest absolute Gasteiger partial charge is 0.493 e. The summed E-state index contributed by atoms with van der Waals surface area (Å²) in [6, 6.07) is 7.88. The average Bonchev–Trinajstić information content (AvgIpc) is 2.52. The first kappa shape index (κ1) is 18.1. The summed E-state index contributed by atoms with van der Waals surface area (Å²) in [4.78, 5) is 0.341. The fourth-order valence-electron chi connectivity index (χ4n) is 2.86. The summed E-state index contributed by atoms with van der Waals surface area (Å²) in [6.45, 7) is 1.58. The van der Waals surface area contributed by atoms with E-state index in [1.165, 1.54) is 25.7 Å². The number of rotatable bonds is 7. The van der Waals surface area contributed by atoms with E-state index in [2.05, 4.69) is 23.8 Å². The standard InChI is InChI=1S/C17H29NO2P2/c1-18-10-7-16(19)14-3-2-4-15(11-14)20-12-13-5-8-17(21,22)9-6-13/h2-4,11,13,16,18-19H,5-10,12,21-22H2,1H3. The Morgan fingerprint density at radius 2 is 2.09 bits per heavy atom. The molecule has 3 nitrogen and oxygen atoms in total. The molecule has 124 valence electrons. The van der Waals surface area contributed by atoms with Crippen molar-refractivity contribution in [2.45, 2.75) is 43.1 Å². The molecule has 2 N–H and O–H groups in total. The Morgan fingerprint density at radius 3 is 2.77 bits per heavy atom. The molecule has 5 heteroatoms. The molecule has 22 heavy (non-hydrogen) atoms. The predicted octanol–water partition coefficient (Wildman–Crippen LogP) is 3.35. The second kappa shape index (κ2) is 8.60. The van der Waals surface area contributed by atoms with Gasteiger partial charge in [0.05, 0.1) is 12.7 Å². The normalized spacial score (nSPS) is 19.8. The fraction of sp³-hybridized carbons (Fsp3) is 0.647. The van der Waals surface area contributed by atoms with Gasteiger partial charge in [-0.05, 0) is 74.2 Å². The van der Waals surface area contributed by atoms with Crippen LogP contribution in [0.1, 0.15) is 43.8 Å². The first-order valence-electron chi connectivity index (χ1n) is 8.13. The summed E-state index contributed by atoms with van der Waals surface area (Å²) in [5.41, 5.74) is 0.935. The number of nitrogens with one attached hydrogen (secondary N) is 1. The van der Waals surface area contributed by atoms with E-state index in [-0.39, 0.29) is 0 Å². The van der Waals surface area contributed by atoms with Gasteiger partial charge in [0.1, 0.15) is 5.75 Å². The van der Waals surface area contributed by atoms with Gasteiger partial charge in [0.2, 0.25) is 0 Å². The maximum atomic E-state index is 10.2. The van der Waals surface area contributed by atoms with Crippen LogP contribution < -0.4 is 10.1 Å². The Labute approximate surface area is 139 Å². The van der Waals surface area contributed by atoms with Crippen LogP contribution in [0.4, 0.5) is 0 Å². The second-order valence-corrected chi connectivity index (χ2v) is 9.43. The number of aliphatic hydroxyl groups is 1. The number of aliphatic hydroxyl groups excluding tert-OH is 1. The van der Waals surface area contributed by atoms with E-state index in [0.717, 1.165) is 24.5 Å². The molecular formula is C17H29NO2P2. The summed E-state index contributed by atoms with van der Waals surface area (Å²) in [7, 11) is 7.81. The van der Waals surface area contributed by atoms with E-state index < -0.39 is 6.10 Å². The number of benzene rings is 1. The Kier molecular flexibility index (Phi) is 7.09. The van der Waals surface area contributed by atoms with Crippen LogP contribution in [0.15, 0.2) is 24.3 Å². The van der Waals surface area contributed by atoms with Gasteiger partial charge >= 0.3 is 0 Å². The molecule has 0 bridgehead atoms. The van der Waals surface area contributed by atoms with Gasteiger partial charge in [-0.2, -0.15) is 0 Å². The molecule has 1 aliphatic carbocycles. The molecule has 0 heterocycles. The van der Waals surface area contributed by atoms with Gasteiger partial charge in [-0.1, -0.05) is 12.1 Å². The molecule has 0 spiro atoms. The first-order valence-corrected chi connectivity index (χ1v) is 9.29. The van der Waals surface area contributed by atoms with E-state index >= 15 is 0 Å². The van der Waals surface area contributed by atoms with Crippen LogP contribution >= 0.6 is 18.5 Å².